The Morgan fingerprint density at radius 2 is 2.05 bits per heavy atom. The van der Waals surface area contributed by atoms with Crippen molar-refractivity contribution in [3.8, 4) is 17.1 Å². The van der Waals surface area contributed by atoms with E-state index in [9.17, 15) is 5.11 Å². The van der Waals surface area contributed by atoms with Crippen molar-refractivity contribution in [2.45, 2.75) is 6.54 Å². The fourth-order valence-corrected chi connectivity index (χ4v) is 2.07. The number of anilines is 1. The minimum absolute atomic E-state index is 0.165. The second-order valence-corrected chi connectivity index (χ2v) is 4.67. The van der Waals surface area contributed by atoms with Crippen LogP contribution in [-0.2, 0) is 13.6 Å². The molecule has 1 aromatic carbocycles. The maximum atomic E-state index is 9.24. The first-order valence-corrected chi connectivity index (χ1v) is 6.55. The van der Waals surface area contributed by atoms with Crippen molar-refractivity contribution in [3.05, 3.63) is 54.6 Å². The third kappa shape index (κ3) is 2.84. The Hall–Kier alpha value is -2.89. The zero-order valence-corrected chi connectivity index (χ0v) is 11.6. The lowest BCUT2D eigenvalue weighted by Gasteiger charge is -2.11. The number of pyridine rings is 1. The Kier molecular flexibility index (Phi) is 3.51. The molecular formula is C15H15N5O. The highest BCUT2D eigenvalue weighted by Gasteiger charge is 2.09. The number of aromatic hydroxyl groups is 1. The minimum Gasteiger partial charge on any atom is -0.506 e. The zero-order chi connectivity index (χ0) is 14.7. The Labute approximate surface area is 122 Å². The number of aryl methyl sites for hydroxylation is 1. The summed E-state index contributed by atoms with van der Waals surface area (Å²) in [4.78, 5) is 4.16. The average molecular weight is 281 g/mol. The fourth-order valence-electron chi connectivity index (χ4n) is 2.07. The molecule has 6 heteroatoms. The van der Waals surface area contributed by atoms with Gasteiger partial charge in [-0.05, 0) is 24.3 Å². The molecule has 2 aromatic heterocycles. The van der Waals surface area contributed by atoms with Crippen LogP contribution in [-0.4, -0.2) is 24.9 Å². The molecule has 0 atom stereocenters. The number of nitrogens with zero attached hydrogens (tertiary/aromatic N) is 4. The van der Waals surface area contributed by atoms with Crippen molar-refractivity contribution in [3.63, 3.8) is 0 Å². The lowest BCUT2D eigenvalue weighted by Crippen LogP contribution is -2.03. The van der Waals surface area contributed by atoms with E-state index in [2.05, 4.69) is 20.5 Å². The first-order valence-electron chi connectivity index (χ1n) is 6.55. The van der Waals surface area contributed by atoms with Gasteiger partial charge in [0.15, 0.2) is 5.82 Å². The molecule has 0 saturated heterocycles. The largest absolute Gasteiger partial charge is 0.506 e. The maximum absolute atomic E-state index is 9.24. The monoisotopic (exact) mass is 281 g/mol. The molecule has 0 spiro atoms. The summed E-state index contributed by atoms with van der Waals surface area (Å²) in [5, 5.41) is 20.6. The molecule has 0 aliphatic heterocycles. The van der Waals surface area contributed by atoms with Crippen molar-refractivity contribution in [2.75, 3.05) is 5.32 Å². The van der Waals surface area contributed by atoms with Crippen LogP contribution in [0.25, 0.3) is 11.4 Å². The van der Waals surface area contributed by atoms with Crippen molar-refractivity contribution in [1.29, 1.82) is 0 Å². The second kappa shape index (κ2) is 5.62. The Morgan fingerprint density at radius 3 is 2.76 bits per heavy atom. The van der Waals surface area contributed by atoms with Gasteiger partial charge < -0.3 is 15.0 Å². The first kappa shape index (κ1) is 13.1. The average Bonchev–Trinajstić information content (AvgIpc) is 2.93. The highest BCUT2D eigenvalue weighted by molar-refractivity contribution is 5.73. The van der Waals surface area contributed by atoms with Gasteiger partial charge in [0.1, 0.15) is 12.1 Å². The molecule has 0 bridgehead atoms. The maximum Gasteiger partial charge on any atom is 0.165 e. The lowest BCUT2D eigenvalue weighted by molar-refractivity contribution is 0.472. The molecule has 2 heterocycles. The van der Waals surface area contributed by atoms with E-state index in [0.717, 1.165) is 22.8 Å². The first-order chi connectivity index (χ1) is 10.2. The van der Waals surface area contributed by atoms with Gasteiger partial charge in [-0.1, -0.05) is 12.1 Å². The van der Waals surface area contributed by atoms with Crippen LogP contribution in [0.3, 0.4) is 0 Å². The molecule has 0 amide bonds. The molecule has 106 valence electrons. The van der Waals surface area contributed by atoms with E-state index in [4.69, 9.17) is 0 Å². The van der Waals surface area contributed by atoms with E-state index < -0.39 is 0 Å². The molecule has 0 aliphatic carbocycles. The third-order valence-corrected chi connectivity index (χ3v) is 3.15. The molecular weight excluding hydrogens is 266 g/mol. The second-order valence-electron chi connectivity index (χ2n) is 4.67. The summed E-state index contributed by atoms with van der Waals surface area (Å²) in [6.45, 7) is 0.565. The zero-order valence-electron chi connectivity index (χ0n) is 11.6. The quantitative estimate of drug-likeness (QED) is 0.766. The summed E-state index contributed by atoms with van der Waals surface area (Å²) in [5.41, 5.74) is 2.79. The number of benzene rings is 1. The fraction of sp³-hybridized carbons (Fsp3) is 0.133. The van der Waals surface area contributed by atoms with Gasteiger partial charge in [-0.2, -0.15) is 0 Å². The van der Waals surface area contributed by atoms with Gasteiger partial charge in [0.25, 0.3) is 0 Å². The SMILES string of the molecule is Cn1cnnc1-c1ccccc1NCc1ccc(O)cn1. The van der Waals surface area contributed by atoms with Gasteiger partial charge in [-0.25, -0.2) is 0 Å². The van der Waals surface area contributed by atoms with E-state index in [0.29, 0.717) is 6.54 Å². The molecule has 0 fully saturated rings. The van der Waals surface area contributed by atoms with E-state index in [1.807, 2.05) is 35.9 Å². The van der Waals surface area contributed by atoms with Gasteiger partial charge in [-0.15, -0.1) is 10.2 Å². The molecule has 3 rings (SSSR count). The number of rotatable bonds is 4. The molecule has 0 radical (unpaired) electrons. The number of aromatic nitrogens is 4. The van der Waals surface area contributed by atoms with E-state index >= 15 is 0 Å². The van der Waals surface area contributed by atoms with Crippen LogP contribution >= 0.6 is 0 Å². The summed E-state index contributed by atoms with van der Waals surface area (Å²) >= 11 is 0. The summed E-state index contributed by atoms with van der Waals surface area (Å²) in [7, 11) is 1.91. The highest BCUT2D eigenvalue weighted by Crippen LogP contribution is 2.25. The van der Waals surface area contributed by atoms with Crippen molar-refractivity contribution in [2.24, 2.45) is 7.05 Å². The van der Waals surface area contributed by atoms with Crippen LogP contribution in [0, 0.1) is 0 Å². The van der Waals surface area contributed by atoms with Gasteiger partial charge in [0, 0.05) is 18.3 Å². The number of para-hydroxylation sites is 1. The van der Waals surface area contributed by atoms with Crippen LogP contribution in [0.5, 0.6) is 5.75 Å². The van der Waals surface area contributed by atoms with Gasteiger partial charge in [0.05, 0.1) is 18.4 Å². The van der Waals surface area contributed by atoms with Crippen LogP contribution in [0.4, 0.5) is 5.69 Å². The van der Waals surface area contributed by atoms with Crippen molar-refractivity contribution in [1.82, 2.24) is 19.7 Å². The van der Waals surface area contributed by atoms with Crippen LogP contribution in [0.2, 0.25) is 0 Å². The summed E-state index contributed by atoms with van der Waals surface area (Å²) in [5.74, 6) is 0.968. The van der Waals surface area contributed by atoms with Gasteiger partial charge >= 0.3 is 0 Å². The number of hydrogen-bond donors (Lipinski definition) is 2. The molecule has 0 saturated carbocycles. The normalized spacial score (nSPS) is 10.5. The number of nitrogens with one attached hydrogen (secondary N) is 1. The minimum atomic E-state index is 0.165. The molecule has 0 aliphatic rings. The molecule has 2 N–H and O–H groups in total. The molecule has 3 aromatic rings. The summed E-state index contributed by atoms with van der Waals surface area (Å²) in [6.07, 6.45) is 3.11. The predicted octanol–water partition coefficient (Wildman–Crippen LogP) is 2.19. The van der Waals surface area contributed by atoms with Crippen molar-refractivity contribution < 1.29 is 5.11 Å². The van der Waals surface area contributed by atoms with Crippen LogP contribution in [0.15, 0.2) is 48.9 Å². The van der Waals surface area contributed by atoms with E-state index in [-0.39, 0.29) is 5.75 Å². The Morgan fingerprint density at radius 1 is 1.19 bits per heavy atom. The topological polar surface area (TPSA) is 75.9 Å². The smallest absolute Gasteiger partial charge is 0.165 e. The van der Waals surface area contributed by atoms with Gasteiger partial charge in [-0.3, -0.25) is 4.98 Å². The lowest BCUT2D eigenvalue weighted by atomic mass is 10.1. The Bertz CT molecular complexity index is 736. The number of hydrogen-bond acceptors (Lipinski definition) is 5. The molecule has 0 unspecified atom stereocenters. The van der Waals surface area contributed by atoms with Gasteiger partial charge in [0.2, 0.25) is 0 Å². The third-order valence-electron chi connectivity index (χ3n) is 3.15. The summed E-state index contributed by atoms with van der Waals surface area (Å²) < 4.78 is 1.87. The van der Waals surface area contributed by atoms with E-state index in [1.165, 1.54) is 6.20 Å². The highest BCUT2D eigenvalue weighted by atomic mass is 16.3. The van der Waals surface area contributed by atoms with Crippen molar-refractivity contribution >= 4 is 5.69 Å². The summed E-state index contributed by atoms with van der Waals surface area (Å²) in [6, 6.07) is 11.3. The van der Waals surface area contributed by atoms with Crippen LogP contribution in [0.1, 0.15) is 5.69 Å². The van der Waals surface area contributed by atoms with Crippen LogP contribution < -0.4 is 5.32 Å². The standard InChI is InChI=1S/C15H15N5O/c1-20-10-18-19-15(20)13-4-2-3-5-14(13)17-8-11-6-7-12(21)9-16-11/h2-7,9-10,17,21H,8H2,1H3. The van der Waals surface area contributed by atoms with E-state index in [1.54, 1.807) is 18.5 Å². The molecule has 21 heavy (non-hydrogen) atoms. The molecule has 6 nitrogen and oxygen atoms in total. The Balaban J connectivity index is 1.83. The predicted molar refractivity (Wildman–Crippen MR) is 79.7 cm³/mol.